The molecule has 1 aromatic heterocycles. The van der Waals surface area contributed by atoms with E-state index in [4.69, 9.17) is 0 Å². The summed E-state index contributed by atoms with van der Waals surface area (Å²) in [5.41, 5.74) is 4.84. The SMILES string of the molecule is Cc1cc(C(O)c2ccccc2C)cc(C)n1. The molecule has 17 heavy (non-hydrogen) atoms. The second kappa shape index (κ2) is 4.68. The van der Waals surface area contributed by atoms with E-state index in [0.29, 0.717) is 0 Å². The van der Waals surface area contributed by atoms with Gasteiger partial charge in [-0.05, 0) is 49.6 Å². The highest BCUT2D eigenvalue weighted by molar-refractivity contribution is 5.36. The fourth-order valence-corrected chi connectivity index (χ4v) is 2.10. The molecule has 0 aliphatic carbocycles. The summed E-state index contributed by atoms with van der Waals surface area (Å²) in [6.07, 6.45) is -0.573. The van der Waals surface area contributed by atoms with Gasteiger partial charge in [0.25, 0.3) is 0 Å². The summed E-state index contributed by atoms with van der Waals surface area (Å²) in [4.78, 5) is 4.32. The first-order valence-electron chi connectivity index (χ1n) is 5.76. The largest absolute Gasteiger partial charge is 0.384 e. The molecule has 0 aliphatic heterocycles. The maximum atomic E-state index is 10.4. The minimum absolute atomic E-state index is 0.573. The van der Waals surface area contributed by atoms with Crippen LogP contribution in [-0.4, -0.2) is 10.1 Å². The van der Waals surface area contributed by atoms with E-state index in [1.807, 2.05) is 57.2 Å². The molecular weight excluding hydrogens is 210 g/mol. The van der Waals surface area contributed by atoms with Crippen LogP contribution in [-0.2, 0) is 0 Å². The molecule has 0 fully saturated rings. The first-order chi connectivity index (χ1) is 8.08. The van der Waals surface area contributed by atoms with Crippen LogP contribution in [0.25, 0.3) is 0 Å². The second-order valence-corrected chi connectivity index (χ2v) is 4.44. The highest BCUT2D eigenvalue weighted by Gasteiger charge is 2.13. The Kier molecular flexibility index (Phi) is 3.25. The number of aliphatic hydroxyl groups is 1. The molecule has 1 aromatic carbocycles. The Morgan fingerprint density at radius 2 is 1.59 bits per heavy atom. The summed E-state index contributed by atoms with van der Waals surface area (Å²) < 4.78 is 0. The second-order valence-electron chi connectivity index (χ2n) is 4.44. The van der Waals surface area contributed by atoms with Crippen molar-refractivity contribution in [1.29, 1.82) is 0 Å². The molecule has 0 amide bonds. The van der Waals surface area contributed by atoms with Crippen LogP contribution < -0.4 is 0 Å². The molecule has 0 saturated heterocycles. The molecule has 1 N–H and O–H groups in total. The minimum atomic E-state index is -0.573. The Morgan fingerprint density at radius 3 is 2.18 bits per heavy atom. The molecule has 1 unspecified atom stereocenters. The summed E-state index contributed by atoms with van der Waals surface area (Å²) in [6.45, 7) is 5.90. The van der Waals surface area contributed by atoms with Crippen molar-refractivity contribution < 1.29 is 5.11 Å². The molecule has 88 valence electrons. The van der Waals surface area contributed by atoms with Crippen LogP contribution in [0.1, 0.15) is 34.2 Å². The first kappa shape index (κ1) is 11.8. The molecule has 0 saturated carbocycles. The maximum Gasteiger partial charge on any atom is 0.104 e. The highest BCUT2D eigenvalue weighted by atomic mass is 16.3. The molecule has 0 radical (unpaired) electrons. The lowest BCUT2D eigenvalue weighted by Crippen LogP contribution is -2.03. The van der Waals surface area contributed by atoms with Gasteiger partial charge in [-0.25, -0.2) is 0 Å². The predicted molar refractivity (Wildman–Crippen MR) is 69.0 cm³/mol. The minimum Gasteiger partial charge on any atom is -0.384 e. The molecule has 2 aromatic rings. The van der Waals surface area contributed by atoms with E-state index in [1.54, 1.807) is 0 Å². The van der Waals surface area contributed by atoms with Gasteiger partial charge in [-0.2, -0.15) is 0 Å². The van der Waals surface area contributed by atoms with E-state index in [9.17, 15) is 5.11 Å². The normalized spacial score (nSPS) is 12.5. The average Bonchev–Trinajstić information content (AvgIpc) is 2.27. The summed E-state index contributed by atoms with van der Waals surface area (Å²) in [7, 11) is 0. The molecule has 2 heteroatoms. The number of pyridine rings is 1. The van der Waals surface area contributed by atoms with Gasteiger partial charge in [0.1, 0.15) is 6.10 Å². The van der Waals surface area contributed by atoms with E-state index in [-0.39, 0.29) is 0 Å². The van der Waals surface area contributed by atoms with E-state index in [2.05, 4.69) is 4.98 Å². The molecular formula is C15H17NO. The third kappa shape index (κ3) is 2.53. The summed E-state index contributed by atoms with van der Waals surface area (Å²) in [5.74, 6) is 0. The van der Waals surface area contributed by atoms with Gasteiger partial charge in [0.05, 0.1) is 0 Å². The van der Waals surface area contributed by atoms with Gasteiger partial charge >= 0.3 is 0 Å². The predicted octanol–water partition coefficient (Wildman–Crippen LogP) is 3.09. The van der Waals surface area contributed by atoms with Crippen molar-refractivity contribution >= 4 is 0 Å². The molecule has 0 aliphatic rings. The lowest BCUT2D eigenvalue weighted by atomic mass is 9.97. The zero-order chi connectivity index (χ0) is 12.4. The summed E-state index contributed by atoms with van der Waals surface area (Å²) >= 11 is 0. The molecule has 2 nitrogen and oxygen atoms in total. The lowest BCUT2D eigenvalue weighted by molar-refractivity contribution is 0.219. The topological polar surface area (TPSA) is 33.1 Å². The number of hydrogen-bond acceptors (Lipinski definition) is 2. The van der Waals surface area contributed by atoms with Crippen LogP contribution in [0.2, 0.25) is 0 Å². The number of aryl methyl sites for hydroxylation is 3. The quantitative estimate of drug-likeness (QED) is 0.855. The standard InChI is InChI=1S/C15H17NO/c1-10-6-4-5-7-14(10)15(17)13-8-11(2)16-12(3)9-13/h4-9,15,17H,1-3H3. The fraction of sp³-hybridized carbons (Fsp3) is 0.267. The third-order valence-electron chi connectivity index (χ3n) is 2.90. The van der Waals surface area contributed by atoms with Crippen molar-refractivity contribution in [2.45, 2.75) is 26.9 Å². The van der Waals surface area contributed by atoms with Crippen molar-refractivity contribution in [2.24, 2.45) is 0 Å². The zero-order valence-corrected chi connectivity index (χ0v) is 10.4. The van der Waals surface area contributed by atoms with Crippen LogP contribution in [0.3, 0.4) is 0 Å². The highest BCUT2D eigenvalue weighted by Crippen LogP contribution is 2.25. The number of hydrogen-bond donors (Lipinski definition) is 1. The number of aromatic nitrogens is 1. The number of benzene rings is 1. The van der Waals surface area contributed by atoms with Crippen molar-refractivity contribution in [3.63, 3.8) is 0 Å². The van der Waals surface area contributed by atoms with E-state index in [1.165, 1.54) is 0 Å². The van der Waals surface area contributed by atoms with Gasteiger partial charge in [0.15, 0.2) is 0 Å². The van der Waals surface area contributed by atoms with Gasteiger partial charge in [0, 0.05) is 11.4 Å². The summed E-state index contributed by atoms with van der Waals surface area (Å²) in [5, 5.41) is 10.4. The van der Waals surface area contributed by atoms with Crippen molar-refractivity contribution in [1.82, 2.24) is 4.98 Å². The van der Waals surface area contributed by atoms with E-state index >= 15 is 0 Å². The van der Waals surface area contributed by atoms with Crippen molar-refractivity contribution in [2.75, 3.05) is 0 Å². The van der Waals surface area contributed by atoms with Gasteiger partial charge in [0.2, 0.25) is 0 Å². The first-order valence-corrected chi connectivity index (χ1v) is 5.76. The van der Waals surface area contributed by atoms with E-state index < -0.39 is 6.10 Å². The monoisotopic (exact) mass is 227 g/mol. The van der Waals surface area contributed by atoms with Gasteiger partial charge in [-0.1, -0.05) is 24.3 Å². The Labute approximate surface area is 102 Å². The Bertz CT molecular complexity index is 514. The molecule has 1 heterocycles. The number of aliphatic hydroxyl groups excluding tert-OH is 1. The van der Waals surface area contributed by atoms with Crippen molar-refractivity contribution in [3.05, 3.63) is 64.5 Å². The third-order valence-corrected chi connectivity index (χ3v) is 2.90. The Balaban J connectivity index is 2.43. The average molecular weight is 227 g/mol. The fourth-order valence-electron chi connectivity index (χ4n) is 2.10. The molecule has 0 bridgehead atoms. The van der Waals surface area contributed by atoms with Crippen LogP contribution >= 0.6 is 0 Å². The zero-order valence-electron chi connectivity index (χ0n) is 10.4. The van der Waals surface area contributed by atoms with Crippen molar-refractivity contribution in [3.8, 4) is 0 Å². The Hall–Kier alpha value is -1.67. The molecule has 2 rings (SSSR count). The lowest BCUT2D eigenvalue weighted by Gasteiger charge is -2.15. The van der Waals surface area contributed by atoms with Crippen LogP contribution in [0.15, 0.2) is 36.4 Å². The summed E-state index contributed by atoms with van der Waals surface area (Å²) in [6, 6.07) is 11.8. The molecule has 0 spiro atoms. The Morgan fingerprint density at radius 1 is 1.00 bits per heavy atom. The molecule has 1 atom stereocenters. The number of rotatable bonds is 2. The van der Waals surface area contributed by atoms with Crippen LogP contribution in [0.4, 0.5) is 0 Å². The van der Waals surface area contributed by atoms with Gasteiger partial charge < -0.3 is 5.11 Å². The maximum absolute atomic E-state index is 10.4. The van der Waals surface area contributed by atoms with Crippen LogP contribution in [0, 0.1) is 20.8 Å². The smallest absolute Gasteiger partial charge is 0.104 e. The van der Waals surface area contributed by atoms with Gasteiger partial charge in [-0.3, -0.25) is 4.98 Å². The number of nitrogens with zero attached hydrogens (tertiary/aromatic N) is 1. The van der Waals surface area contributed by atoms with Crippen LogP contribution in [0.5, 0.6) is 0 Å². The van der Waals surface area contributed by atoms with E-state index in [0.717, 1.165) is 28.1 Å². The van der Waals surface area contributed by atoms with Gasteiger partial charge in [-0.15, -0.1) is 0 Å².